The van der Waals surface area contributed by atoms with Crippen molar-refractivity contribution in [2.45, 2.75) is 19.4 Å². The second-order valence-corrected chi connectivity index (χ2v) is 7.49. The average molecular weight is 414 g/mol. The van der Waals surface area contributed by atoms with Crippen LogP contribution in [0.25, 0.3) is 22.5 Å². The Hall–Kier alpha value is -3.78. The van der Waals surface area contributed by atoms with E-state index in [0.717, 1.165) is 43.0 Å². The van der Waals surface area contributed by atoms with Crippen LogP contribution in [0.2, 0.25) is 0 Å². The monoisotopic (exact) mass is 414 g/mol. The summed E-state index contributed by atoms with van der Waals surface area (Å²) < 4.78 is 5.61. The molecule has 3 heterocycles. The molecule has 31 heavy (non-hydrogen) atoms. The Morgan fingerprint density at radius 1 is 1.06 bits per heavy atom. The van der Waals surface area contributed by atoms with Crippen molar-refractivity contribution in [1.29, 1.82) is 0 Å². The van der Waals surface area contributed by atoms with Gasteiger partial charge in [0, 0.05) is 25.1 Å². The first-order chi connectivity index (χ1) is 15.2. The Kier molecular flexibility index (Phi) is 5.05. The fourth-order valence-electron chi connectivity index (χ4n) is 3.90. The van der Waals surface area contributed by atoms with Crippen molar-refractivity contribution < 1.29 is 9.32 Å². The van der Waals surface area contributed by atoms with Crippen molar-refractivity contribution in [2.75, 3.05) is 18.4 Å². The van der Waals surface area contributed by atoms with Crippen LogP contribution in [-0.2, 0) is 19.4 Å². The van der Waals surface area contributed by atoms with E-state index in [4.69, 9.17) is 20.2 Å². The zero-order valence-electron chi connectivity index (χ0n) is 16.9. The van der Waals surface area contributed by atoms with Crippen molar-refractivity contribution >= 4 is 22.6 Å². The number of hydrogen-bond donors (Lipinski definition) is 3. The normalized spacial score (nSPS) is 13.5. The van der Waals surface area contributed by atoms with Gasteiger partial charge in [0.2, 0.25) is 11.6 Å². The van der Waals surface area contributed by atoms with E-state index in [-0.39, 0.29) is 0 Å². The molecule has 0 unspecified atom stereocenters. The number of aromatic nitrogens is 3. The van der Waals surface area contributed by atoms with E-state index in [1.807, 2.05) is 24.3 Å². The number of benzene rings is 2. The Morgan fingerprint density at radius 2 is 1.90 bits per heavy atom. The number of nitrogens with one attached hydrogen (secondary N) is 2. The minimum atomic E-state index is -0.551. The molecule has 2 aromatic heterocycles. The number of nitrogens with two attached hydrogens (primary N) is 1. The molecule has 0 aliphatic carbocycles. The van der Waals surface area contributed by atoms with Crippen molar-refractivity contribution in [2.24, 2.45) is 5.73 Å². The van der Waals surface area contributed by atoms with Crippen LogP contribution in [0, 0.1) is 0 Å². The summed E-state index contributed by atoms with van der Waals surface area (Å²) >= 11 is 0. The van der Waals surface area contributed by atoms with Gasteiger partial charge in [0.05, 0.1) is 16.6 Å². The molecule has 0 atom stereocenters. The number of fused-ring (bicyclic) bond motifs is 2. The number of nitrogens with zero attached hydrogens (tertiary/aromatic N) is 3. The molecule has 0 saturated carbocycles. The van der Waals surface area contributed by atoms with Crippen LogP contribution >= 0.6 is 0 Å². The van der Waals surface area contributed by atoms with E-state index in [1.54, 1.807) is 12.1 Å². The van der Waals surface area contributed by atoms with Crippen LogP contribution in [0.5, 0.6) is 0 Å². The summed E-state index contributed by atoms with van der Waals surface area (Å²) in [5, 5.41) is 11.6. The molecule has 0 radical (unpaired) electrons. The van der Waals surface area contributed by atoms with E-state index in [2.05, 4.69) is 27.9 Å². The van der Waals surface area contributed by atoms with Gasteiger partial charge in [-0.05, 0) is 30.7 Å². The topological polar surface area (TPSA) is 119 Å². The van der Waals surface area contributed by atoms with Gasteiger partial charge >= 0.3 is 0 Å². The smallest absolute Gasteiger partial charge is 0.251 e. The first kappa shape index (κ1) is 19.2. The highest BCUT2D eigenvalue weighted by Gasteiger charge is 2.22. The highest BCUT2D eigenvalue weighted by Crippen LogP contribution is 2.31. The molecule has 8 heteroatoms. The molecular formula is C23H22N6O2. The number of carbonyl (C=O) groups is 1. The molecule has 1 amide bonds. The molecule has 0 fully saturated rings. The number of rotatable bonds is 5. The summed E-state index contributed by atoms with van der Waals surface area (Å²) in [6.45, 7) is 2.38. The molecule has 4 aromatic rings. The van der Waals surface area contributed by atoms with E-state index in [1.165, 1.54) is 5.56 Å². The second-order valence-electron chi connectivity index (χ2n) is 7.49. The van der Waals surface area contributed by atoms with Gasteiger partial charge in [-0.25, -0.2) is 9.97 Å². The van der Waals surface area contributed by atoms with Crippen LogP contribution in [-0.4, -0.2) is 34.1 Å². The van der Waals surface area contributed by atoms with Gasteiger partial charge in [0.15, 0.2) is 0 Å². The third kappa shape index (κ3) is 3.73. The maximum absolute atomic E-state index is 11.8. The van der Waals surface area contributed by atoms with E-state index < -0.39 is 5.91 Å². The molecule has 2 aromatic carbocycles. The first-order valence-corrected chi connectivity index (χ1v) is 10.3. The summed E-state index contributed by atoms with van der Waals surface area (Å²) in [7, 11) is 0. The Bertz CT molecular complexity index is 1250. The molecule has 1 aliphatic rings. The number of primary amides is 1. The lowest BCUT2D eigenvalue weighted by Crippen LogP contribution is -2.16. The zero-order chi connectivity index (χ0) is 21.2. The lowest BCUT2D eigenvalue weighted by molar-refractivity contribution is 0.100. The highest BCUT2D eigenvalue weighted by atomic mass is 16.5. The maximum atomic E-state index is 11.8. The third-order valence-corrected chi connectivity index (χ3v) is 5.46. The molecule has 0 spiro atoms. The van der Waals surface area contributed by atoms with Gasteiger partial charge in [0.1, 0.15) is 11.3 Å². The first-order valence-electron chi connectivity index (χ1n) is 10.3. The molecule has 156 valence electrons. The summed E-state index contributed by atoms with van der Waals surface area (Å²) in [6.07, 6.45) is 1.64. The molecule has 0 bridgehead atoms. The molecule has 5 rings (SSSR count). The average Bonchev–Trinajstić information content (AvgIpc) is 3.08. The lowest BCUT2D eigenvalue weighted by atomic mass is 10.1. The Labute approximate surface area is 178 Å². The predicted molar refractivity (Wildman–Crippen MR) is 118 cm³/mol. The van der Waals surface area contributed by atoms with Gasteiger partial charge in [-0.1, -0.05) is 41.6 Å². The molecule has 8 nitrogen and oxygen atoms in total. The summed E-state index contributed by atoms with van der Waals surface area (Å²) in [5.74, 6) is 1.12. The highest BCUT2D eigenvalue weighted by molar-refractivity contribution is 6.07. The minimum absolute atomic E-state index is 0.314. The van der Waals surface area contributed by atoms with Crippen LogP contribution in [0.1, 0.15) is 27.2 Å². The van der Waals surface area contributed by atoms with Gasteiger partial charge < -0.3 is 20.9 Å². The predicted octanol–water partition coefficient (Wildman–Crippen LogP) is 2.68. The van der Waals surface area contributed by atoms with Crippen molar-refractivity contribution in [3.05, 3.63) is 70.9 Å². The van der Waals surface area contributed by atoms with Crippen LogP contribution in [0.15, 0.2) is 53.1 Å². The fraction of sp³-hybridized carbons (Fsp3) is 0.217. The van der Waals surface area contributed by atoms with Gasteiger partial charge in [-0.2, -0.15) is 0 Å². The van der Waals surface area contributed by atoms with Crippen LogP contribution in [0.3, 0.4) is 0 Å². The number of anilines is 1. The second kappa shape index (κ2) is 8.16. The number of carbonyl (C=O) groups excluding carboxylic acids is 1. The number of amides is 1. The zero-order valence-corrected chi connectivity index (χ0v) is 16.9. The van der Waals surface area contributed by atoms with E-state index in [9.17, 15) is 4.79 Å². The standard InChI is InChI=1S/C23H22N6O2/c24-21(30)17-8-4-7-16-19(17)29-31-20(16)23-27-18-10-12-25-11-9-15(18)22(28-23)26-13-14-5-2-1-3-6-14/h1-8,25H,9-13H2,(H2,24,30)(H,26,27,28). The van der Waals surface area contributed by atoms with Crippen molar-refractivity contribution in [1.82, 2.24) is 20.4 Å². The summed E-state index contributed by atoms with van der Waals surface area (Å²) in [4.78, 5) is 21.4. The minimum Gasteiger partial charge on any atom is -0.366 e. The fourth-order valence-corrected chi connectivity index (χ4v) is 3.90. The Morgan fingerprint density at radius 3 is 2.74 bits per heavy atom. The van der Waals surface area contributed by atoms with Crippen LogP contribution in [0.4, 0.5) is 5.82 Å². The van der Waals surface area contributed by atoms with Crippen molar-refractivity contribution in [3.63, 3.8) is 0 Å². The molecular weight excluding hydrogens is 392 g/mol. The number of hydrogen-bond acceptors (Lipinski definition) is 7. The lowest BCUT2D eigenvalue weighted by Gasteiger charge is -2.14. The Balaban J connectivity index is 1.59. The summed E-state index contributed by atoms with van der Waals surface area (Å²) in [5.41, 5.74) is 9.49. The quantitative estimate of drug-likeness (QED) is 0.459. The van der Waals surface area contributed by atoms with Crippen LogP contribution < -0.4 is 16.4 Å². The SMILES string of the molecule is NC(=O)c1cccc2c(-c3nc4c(c(NCc5ccccc5)n3)CCNCC4)onc12. The molecule has 4 N–H and O–H groups in total. The van der Waals surface area contributed by atoms with E-state index >= 15 is 0 Å². The molecule has 1 aliphatic heterocycles. The largest absolute Gasteiger partial charge is 0.366 e. The van der Waals surface area contributed by atoms with Gasteiger partial charge in [0.25, 0.3) is 5.91 Å². The summed E-state index contributed by atoms with van der Waals surface area (Å²) in [6, 6.07) is 15.4. The van der Waals surface area contributed by atoms with Crippen molar-refractivity contribution in [3.8, 4) is 11.6 Å². The maximum Gasteiger partial charge on any atom is 0.251 e. The van der Waals surface area contributed by atoms with Gasteiger partial charge in [-0.3, -0.25) is 4.79 Å². The molecule has 0 saturated heterocycles. The third-order valence-electron chi connectivity index (χ3n) is 5.46. The van der Waals surface area contributed by atoms with Gasteiger partial charge in [-0.15, -0.1) is 0 Å². The van der Waals surface area contributed by atoms with E-state index in [0.29, 0.717) is 34.6 Å².